The number of carbonyl (C=O) groups is 1. The molecule has 0 aromatic rings. The first kappa shape index (κ1) is 11.7. The van der Waals surface area contributed by atoms with Gasteiger partial charge in [-0.1, -0.05) is 20.8 Å². The largest absolute Gasteiger partial charge is 0.390 e. The lowest BCUT2D eigenvalue weighted by Gasteiger charge is -2.47. The molecule has 1 aliphatic rings. The standard InChI is InChI=1S/C11H20O3/c1-6-9(13)8(3)14-10(7(2)12)11(6,4)5/h6,8-10,13H,1-5H3. The minimum Gasteiger partial charge on any atom is -0.390 e. The van der Waals surface area contributed by atoms with Crippen LogP contribution in [0.2, 0.25) is 0 Å². The van der Waals surface area contributed by atoms with E-state index in [-0.39, 0.29) is 23.2 Å². The fourth-order valence-electron chi connectivity index (χ4n) is 2.18. The summed E-state index contributed by atoms with van der Waals surface area (Å²) in [5.74, 6) is 0.112. The van der Waals surface area contributed by atoms with Gasteiger partial charge in [-0.15, -0.1) is 0 Å². The van der Waals surface area contributed by atoms with Crippen LogP contribution < -0.4 is 0 Å². The van der Waals surface area contributed by atoms with Crippen molar-refractivity contribution in [3.63, 3.8) is 0 Å². The summed E-state index contributed by atoms with van der Waals surface area (Å²) >= 11 is 0. The molecule has 0 aromatic heterocycles. The molecule has 0 aromatic carbocycles. The lowest BCUT2D eigenvalue weighted by atomic mass is 9.68. The fourth-order valence-corrected chi connectivity index (χ4v) is 2.18. The SMILES string of the molecule is CC(=O)C1OC(C)C(O)C(C)C1(C)C. The Morgan fingerprint density at radius 1 is 1.36 bits per heavy atom. The van der Waals surface area contributed by atoms with E-state index in [2.05, 4.69) is 0 Å². The second-order valence-corrected chi connectivity index (χ2v) is 4.93. The third-order valence-corrected chi connectivity index (χ3v) is 3.56. The highest BCUT2D eigenvalue weighted by atomic mass is 16.5. The van der Waals surface area contributed by atoms with Crippen molar-refractivity contribution in [1.29, 1.82) is 0 Å². The normalized spacial score (nSPS) is 42.1. The van der Waals surface area contributed by atoms with Gasteiger partial charge in [-0.3, -0.25) is 4.79 Å². The molecule has 4 unspecified atom stereocenters. The molecule has 0 amide bonds. The smallest absolute Gasteiger partial charge is 0.159 e. The zero-order chi connectivity index (χ0) is 11.1. The number of rotatable bonds is 1. The molecule has 82 valence electrons. The second-order valence-electron chi connectivity index (χ2n) is 4.93. The maximum Gasteiger partial charge on any atom is 0.159 e. The Morgan fingerprint density at radius 2 is 1.86 bits per heavy atom. The van der Waals surface area contributed by atoms with E-state index in [9.17, 15) is 9.90 Å². The summed E-state index contributed by atoms with van der Waals surface area (Å²) < 4.78 is 5.55. The van der Waals surface area contributed by atoms with Crippen LogP contribution in [0.25, 0.3) is 0 Å². The fraction of sp³-hybridized carbons (Fsp3) is 0.909. The van der Waals surface area contributed by atoms with Gasteiger partial charge >= 0.3 is 0 Å². The van der Waals surface area contributed by atoms with Crippen molar-refractivity contribution in [2.24, 2.45) is 11.3 Å². The summed E-state index contributed by atoms with van der Waals surface area (Å²) in [6.45, 7) is 9.27. The van der Waals surface area contributed by atoms with E-state index in [4.69, 9.17) is 4.74 Å². The predicted molar refractivity (Wildman–Crippen MR) is 54.0 cm³/mol. The number of hydrogen-bond donors (Lipinski definition) is 1. The highest BCUT2D eigenvalue weighted by molar-refractivity contribution is 5.81. The summed E-state index contributed by atoms with van der Waals surface area (Å²) in [5, 5.41) is 9.85. The molecule has 3 nitrogen and oxygen atoms in total. The molecule has 1 rings (SSSR count). The van der Waals surface area contributed by atoms with Gasteiger partial charge < -0.3 is 9.84 Å². The molecule has 0 bridgehead atoms. The monoisotopic (exact) mass is 200 g/mol. The number of Topliss-reactive ketones (excluding diaryl/α,β-unsaturated/α-hetero) is 1. The average molecular weight is 200 g/mol. The van der Waals surface area contributed by atoms with Crippen molar-refractivity contribution in [1.82, 2.24) is 0 Å². The Morgan fingerprint density at radius 3 is 2.29 bits per heavy atom. The average Bonchev–Trinajstić information content (AvgIpc) is 2.08. The van der Waals surface area contributed by atoms with Gasteiger partial charge in [0.15, 0.2) is 5.78 Å². The maximum absolute atomic E-state index is 11.4. The molecule has 0 saturated carbocycles. The van der Waals surface area contributed by atoms with Crippen LogP contribution in [-0.2, 0) is 9.53 Å². The number of ether oxygens (including phenoxy) is 1. The Balaban J connectivity index is 2.95. The summed E-state index contributed by atoms with van der Waals surface area (Å²) in [5.41, 5.74) is -0.294. The molecule has 1 fully saturated rings. The number of aliphatic hydroxyl groups excluding tert-OH is 1. The number of ketones is 1. The third-order valence-electron chi connectivity index (χ3n) is 3.56. The van der Waals surface area contributed by atoms with E-state index in [1.807, 2.05) is 27.7 Å². The lowest BCUT2D eigenvalue weighted by molar-refractivity contribution is -0.197. The molecule has 0 spiro atoms. The van der Waals surface area contributed by atoms with E-state index < -0.39 is 12.2 Å². The molecule has 14 heavy (non-hydrogen) atoms. The van der Waals surface area contributed by atoms with Gasteiger partial charge in [0, 0.05) is 5.41 Å². The van der Waals surface area contributed by atoms with Gasteiger partial charge in [0.2, 0.25) is 0 Å². The van der Waals surface area contributed by atoms with Gasteiger partial charge in [-0.05, 0) is 19.8 Å². The van der Waals surface area contributed by atoms with Crippen molar-refractivity contribution in [3.05, 3.63) is 0 Å². The van der Waals surface area contributed by atoms with Crippen LogP contribution in [0.1, 0.15) is 34.6 Å². The quantitative estimate of drug-likeness (QED) is 0.695. The molecule has 0 aliphatic carbocycles. The first-order valence-electron chi connectivity index (χ1n) is 5.12. The molecule has 1 N–H and O–H groups in total. The predicted octanol–water partition coefficient (Wildman–Crippen LogP) is 1.39. The zero-order valence-corrected chi connectivity index (χ0v) is 9.57. The highest BCUT2D eigenvalue weighted by Crippen LogP contribution is 2.41. The molecule has 3 heteroatoms. The van der Waals surface area contributed by atoms with E-state index in [0.717, 1.165) is 0 Å². The van der Waals surface area contributed by atoms with Crippen LogP contribution in [0, 0.1) is 11.3 Å². The highest BCUT2D eigenvalue weighted by Gasteiger charge is 2.48. The van der Waals surface area contributed by atoms with Gasteiger partial charge in [0.05, 0.1) is 12.2 Å². The minimum absolute atomic E-state index is 0.0422. The van der Waals surface area contributed by atoms with Gasteiger partial charge in [-0.2, -0.15) is 0 Å². The van der Waals surface area contributed by atoms with Crippen LogP contribution in [0.4, 0.5) is 0 Å². The first-order valence-corrected chi connectivity index (χ1v) is 5.12. The van der Waals surface area contributed by atoms with E-state index in [0.29, 0.717) is 0 Å². The van der Waals surface area contributed by atoms with E-state index >= 15 is 0 Å². The molecular formula is C11H20O3. The number of carbonyl (C=O) groups excluding carboxylic acids is 1. The van der Waals surface area contributed by atoms with Gasteiger partial charge in [-0.25, -0.2) is 0 Å². The van der Waals surface area contributed by atoms with E-state index in [1.165, 1.54) is 0 Å². The molecule has 1 heterocycles. The Labute approximate surface area is 85.5 Å². The number of aliphatic hydroxyl groups is 1. The van der Waals surface area contributed by atoms with Crippen LogP contribution >= 0.6 is 0 Å². The zero-order valence-electron chi connectivity index (χ0n) is 9.57. The van der Waals surface area contributed by atoms with Crippen LogP contribution in [0.3, 0.4) is 0 Å². The summed E-state index contributed by atoms with van der Waals surface area (Å²) in [4.78, 5) is 11.4. The summed E-state index contributed by atoms with van der Waals surface area (Å²) in [7, 11) is 0. The maximum atomic E-state index is 11.4. The molecule has 4 atom stereocenters. The third kappa shape index (κ3) is 1.71. The van der Waals surface area contributed by atoms with Crippen LogP contribution in [-0.4, -0.2) is 29.2 Å². The Hall–Kier alpha value is -0.410. The molecular weight excluding hydrogens is 180 g/mol. The molecule has 1 aliphatic heterocycles. The van der Waals surface area contributed by atoms with Crippen molar-refractivity contribution >= 4 is 5.78 Å². The van der Waals surface area contributed by atoms with Gasteiger partial charge in [0.25, 0.3) is 0 Å². The Kier molecular flexibility index (Phi) is 3.02. The summed E-state index contributed by atoms with van der Waals surface area (Å²) in [6, 6.07) is 0. The van der Waals surface area contributed by atoms with Crippen molar-refractivity contribution < 1.29 is 14.6 Å². The first-order chi connectivity index (χ1) is 6.28. The van der Waals surface area contributed by atoms with E-state index in [1.54, 1.807) is 6.92 Å². The molecule has 1 saturated heterocycles. The van der Waals surface area contributed by atoms with Crippen LogP contribution in [0.5, 0.6) is 0 Å². The molecule has 0 radical (unpaired) electrons. The summed E-state index contributed by atoms with van der Waals surface area (Å²) in [6.07, 6.45) is -1.14. The second kappa shape index (κ2) is 3.63. The van der Waals surface area contributed by atoms with Crippen molar-refractivity contribution in [2.45, 2.75) is 52.9 Å². The number of hydrogen-bond acceptors (Lipinski definition) is 3. The van der Waals surface area contributed by atoms with Crippen LogP contribution in [0.15, 0.2) is 0 Å². The van der Waals surface area contributed by atoms with Crippen molar-refractivity contribution in [2.75, 3.05) is 0 Å². The van der Waals surface area contributed by atoms with Crippen molar-refractivity contribution in [3.8, 4) is 0 Å². The minimum atomic E-state index is -0.486. The Bertz CT molecular complexity index is 235. The lowest BCUT2D eigenvalue weighted by Crippen LogP contribution is -2.56. The van der Waals surface area contributed by atoms with Gasteiger partial charge in [0.1, 0.15) is 6.10 Å². The topological polar surface area (TPSA) is 46.5 Å².